The molecule has 3 aromatic carbocycles. The zero-order chi connectivity index (χ0) is 16.5. The Morgan fingerprint density at radius 3 is 2.17 bits per heavy atom. The molecular weight excluding hydrogens is 301 g/mol. The second-order valence-corrected chi connectivity index (χ2v) is 5.60. The Hall–Kier alpha value is -3.20. The van der Waals surface area contributed by atoms with Gasteiger partial charge in [-0.3, -0.25) is 4.79 Å². The third-order valence-corrected chi connectivity index (χ3v) is 4.08. The van der Waals surface area contributed by atoms with E-state index >= 15 is 0 Å². The number of benzene rings is 3. The van der Waals surface area contributed by atoms with Gasteiger partial charge in [0.2, 0.25) is 0 Å². The highest BCUT2D eigenvalue weighted by molar-refractivity contribution is 5.85. The van der Waals surface area contributed by atoms with E-state index in [0.717, 1.165) is 11.3 Å². The molecule has 0 saturated heterocycles. The zero-order valence-corrected chi connectivity index (χ0v) is 12.8. The molecule has 4 rings (SSSR count). The molecule has 0 unspecified atom stereocenters. The molecule has 0 aliphatic rings. The van der Waals surface area contributed by atoms with Crippen LogP contribution in [0.1, 0.15) is 0 Å². The fourth-order valence-corrected chi connectivity index (χ4v) is 2.93. The first-order chi connectivity index (χ1) is 11.7. The summed E-state index contributed by atoms with van der Waals surface area (Å²) in [6.07, 6.45) is 1.83. The Balaban J connectivity index is 2.12. The second-order valence-electron chi connectivity index (χ2n) is 5.60. The topological polar surface area (TPSA) is 22.0 Å². The highest BCUT2D eigenvalue weighted by Gasteiger charge is 2.12. The number of pyridine rings is 1. The molecule has 0 spiro atoms. The van der Waals surface area contributed by atoms with Crippen LogP contribution >= 0.6 is 0 Å². The van der Waals surface area contributed by atoms with Gasteiger partial charge in [0.25, 0.3) is 0 Å². The summed E-state index contributed by atoms with van der Waals surface area (Å²) in [7, 11) is 0. The number of hydrogen-bond donors (Lipinski definition) is 0. The van der Waals surface area contributed by atoms with E-state index in [2.05, 4.69) is 0 Å². The molecule has 1 heterocycles. The number of rotatable bonds is 2. The molecule has 0 fully saturated rings. The maximum absolute atomic E-state index is 13.7. The van der Waals surface area contributed by atoms with Crippen LogP contribution in [0.3, 0.4) is 0 Å². The Bertz CT molecular complexity index is 1070. The van der Waals surface area contributed by atoms with E-state index in [-0.39, 0.29) is 5.43 Å². The summed E-state index contributed by atoms with van der Waals surface area (Å²) >= 11 is 0. The maximum Gasteiger partial charge on any atom is 0.197 e. The standard InChI is InChI=1S/C21H14FNO/c22-16-11-12-20-18(13-16)21(24)19(15-7-3-1-4-8-15)14-23(20)17-9-5-2-6-10-17/h1-14H. The van der Waals surface area contributed by atoms with Crippen LogP contribution in [0.5, 0.6) is 0 Å². The predicted molar refractivity (Wildman–Crippen MR) is 94.9 cm³/mol. The first-order valence-corrected chi connectivity index (χ1v) is 7.70. The van der Waals surface area contributed by atoms with Crippen molar-refractivity contribution < 1.29 is 4.39 Å². The first kappa shape index (κ1) is 14.4. The van der Waals surface area contributed by atoms with Gasteiger partial charge in [-0.05, 0) is 35.9 Å². The van der Waals surface area contributed by atoms with Crippen molar-refractivity contribution in [2.45, 2.75) is 0 Å². The third kappa shape index (κ3) is 2.40. The van der Waals surface area contributed by atoms with Crippen molar-refractivity contribution in [3.05, 3.63) is 101 Å². The minimum absolute atomic E-state index is 0.164. The van der Waals surface area contributed by atoms with Gasteiger partial charge in [-0.15, -0.1) is 0 Å². The van der Waals surface area contributed by atoms with Crippen LogP contribution in [0.2, 0.25) is 0 Å². The lowest BCUT2D eigenvalue weighted by atomic mass is 10.0. The van der Waals surface area contributed by atoms with Crippen molar-refractivity contribution in [3.8, 4) is 16.8 Å². The molecule has 0 atom stereocenters. The third-order valence-electron chi connectivity index (χ3n) is 4.08. The quantitative estimate of drug-likeness (QED) is 0.521. The normalized spacial score (nSPS) is 10.9. The van der Waals surface area contributed by atoms with Crippen molar-refractivity contribution in [1.29, 1.82) is 0 Å². The lowest BCUT2D eigenvalue weighted by molar-refractivity contribution is 0.629. The summed E-state index contributed by atoms with van der Waals surface area (Å²) in [4.78, 5) is 12.9. The number of fused-ring (bicyclic) bond motifs is 1. The Morgan fingerprint density at radius 1 is 0.792 bits per heavy atom. The molecule has 1 aromatic heterocycles. The second kappa shape index (κ2) is 5.78. The molecule has 0 aliphatic heterocycles. The average molecular weight is 315 g/mol. The highest BCUT2D eigenvalue weighted by atomic mass is 19.1. The van der Waals surface area contributed by atoms with Crippen LogP contribution in [0, 0.1) is 5.82 Å². The molecule has 116 valence electrons. The predicted octanol–water partition coefficient (Wildman–Crippen LogP) is 4.80. The largest absolute Gasteiger partial charge is 0.316 e. The van der Waals surface area contributed by atoms with E-state index in [1.807, 2.05) is 71.4 Å². The van der Waals surface area contributed by atoms with Crippen LogP contribution in [0.25, 0.3) is 27.7 Å². The molecule has 0 radical (unpaired) electrons. The average Bonchev–Trinajstić information content (AvgIpc) is 2.64. The van der Waals surface area contributed by atoms with Gasteiger partial charge in [-0.25, -0.2) is 4.39 Å². The van der Waals surface area contributed by atoms with Crippen LogP contribution < -0.4 is 5.43 Å². The fraction of sp³-hybridized carbons (Fsp3) is 0. The Kier molecular flexibility index (Phi) is 3.47. The van der Waals surface area contributed by atoms with E-state index in [9.17, 15) is 9.18 Å². The van der Waals surface area contributed by atoms with Gasteiger partial charge >= 0.3 is 0 Å². The van der Waals surface area contributed by atoms with Crippen molar-refractivity contribution in [1.82, 2.24) is 4.57 Å². The van der Waals surface area contributed by atoms with Gasteiger partial charge in [0.1, 0.15) is 5.82 Å². The van der Waals surface area contributed by atoms with Crippen LogP contribution in [0.4, 0.5) is 4.39 Å². The maximum atomic E-state index is 13.7. The van der Waals surface area contributed by atoms with E-state index in [0.29, 0.717) is 16.5 Å². The minimum atomic E-state index is -0.413. The molecular formula is C21H14FNO. The molecule has 24 heavy (non-hydrogen) atoms. The summed E-state index contributed by atoms with van der Waals surface area (Å²) in [6, 6.07) is 23.5. The first-order valence-electron chi connectivity index (χ1n) is 7.70. The molecule has 3 heteroatoms. The van der Waals surface area contributed by atoms with Crippen molar-refractivity contribution in [2.75, 3.05) is 0 Å². The lowest BCUT2D eigenvalue weighted by Gasteiger charge is -2.14. The molecule has 0 N–H and O–H groups in total. The summed E-state index contributed by atoms with van der Waals surface area (Å²) in [5, 5.41) is 0.375. The number of aromatic nitrogens is 1. The number of halogens is 1. The van der Waals surface area contributed by atoms with Gasteiger partial charge < -0.3 is 4.57 Å². The fourth-order valence-electron chi connectivity index (χ4n) is 2.93. The van der Waals surface area contributed by atoms with E-state index in [1.165, 1.54) is 12.1 Å². The Morgan fingerprint density at radius 2 is 1.46 bits per heavy atom. The molecule has 2 nitrogen and oxygen atoms in total. The number of nitrogens with zero attached hydrogens (tertiary/aromatic N) is 1. The summed E-state index contributed by atoms with van der Waals surface area (Å²) in [5.74, 6) is -0.413. The zero-order valence-electron chi connectivity index (χ0n) is 12.8. The van der Waals surface area contributed by atoms with E-state index in [1.54, 1.807) is 6.07 Å². The van der Waals surface area contributed by atoms with E-state index in [4.69, 9.17) is 0 Å². The molecule has 0 bridgehead atoms. The van der Waals surface area contributed by atoms with Gasteiger partial charge in [-0.1, -0.05) is 48.5 Å². The van der Waals surface area contributed by atoms with Crippen LogP contribution in [0.15, 0.2) is 89.9 Å². The summed E-state index contributed by atoms with van der Waals surface area (Å²) < 4.78 is 15.7. The van der Waals surface area contributed by atoms with Gasteiger partial charge in [0, 0.05) is 22.8 Å². The molecule has 0 aliphatic carbocycles. The van der Waals surface area contributed by atoms with Crippen molar-refractivity contribution in [3.63, 3.8) is 0 Å². The SMILES string of the molecule is O=c1c(-c2ccccc2)cn(-c2ccccc2)c2ccc(F)cc12. The van der Waals surface area contributed by atoms with Gasteiger partial charge in [0.05, 0.1) is 5.52 Å². The molecule has 0 amide bonds. The Labute approximate surface area is 138 Å². The van der Waals surface area contributed by atoms with Crippen molar-refractivity contribution in [2.24, 2.45) is 0 Å². The highest BCUT2D eigenvalue weighted by Crippen LogP contribution is 2.23. The smallest absolute Gasteiger partial charge is 0.197 e. The molecule has 0 saturated carbocycles. The lowest BCUT2D eigenvalue weighted by Crippen LogP contribution is -2.11. The van der Waals surface area contributed by atoms with Gasteiger partial charge in [-0.2, -0.15) is 0 Å². The summed E-state index contributed by atoms with van der Waals surface area (Å²) in [5.41, 5.74) is 2.82. The van der Waals surface area contributed by atoms with Crippen LogP contribution in [-0.2, 0) is 0 Å². The number of hydrogen-bond acceptors (Lipinski definition) is 1. The monoisotopic (exact) mass is 315 g/mol. The minimum Gasteiger partial charge on any atom is -0.316 e. The van der Waals surface area contributed by atoms with Crippen molar-refractivity contribution >= 4 is 10.9 Å². The van der Waals surface area contributed by atoms with E-state index < -0.39 is 5.82 Å². The molecule has 4 aromatic rings. The number of para-hydroxylation sites is 1. The van der Waals surface area contributed by atoms with Crippen LogP contribution in [-0.4, -0.2) is 4.57 Å². The van der Waals surface area contributed by atoms with Gasteiger partial charge in [0.15, 0.2) is 5.43 Å². The summed E-state index contributed by atoms with van der Waals surface area (Å²) in [6.45, 7) is 0.